The summed E-state index contributed by atoms with van der Waals surface area (Å²) in [5.74, 6) is 0.593. The quantitative estimate of drug-likeness (QED) is 0.171. The second-order valence-corrected chi connectivity index (χ2v) is 13.9. The van der Waals surface area contributed by atoms with E-state index in [-0.39, 0.29) is 36.3 Å². The van der Waals surface area contributed by atoms with Gasteiger partial charge in [0.1, 0.15) is 5.69 Å². The SMILES string of the molecule is C[C@@H]1[C@H](CN2CCN(c3ncccn3)CC2)O[C@H](c2ccc(-c3cccc(CNC(=O)c4cnc5ccccc5n4)c3)cc2)O[C@@H]1c1ccc(CO)cc1. The number of ether oxygens (including phenoxy) is 2. The number of piperazine rings is 1. The molecule has 2 saturated heterocycles. The van der Waals surface area contributed by atoms with Crippen LogP contribution in [0, 0.1) is 5.92 Å². The van der Waals surface area contributed by atoms with Crippen molar-refractivity contribution in [3.05, 3.63) is 150 Å². The van der Waals surface area contributed by atoms with Crippen LogP contribution in [0.25, 0.3) is 22.2 Å². The summed E-state index contributed by atoms with van der Waals surface area (Å²) in [6.45, 7) is 6.83. The number of carbonyl (C=O) groups is 1. The molecule has 0 spiro atoms. The van der Waals surface area contributed by atoms with Crippen molar-refractivity contribution >= 4 is 22.9 Å². The summed E-state index contributed by atoms with van der Waals surface area (Å²) in [6.07, 6.45) is 4.27. The molecule has 2 aliphatic heterocycles. The van der Waals surface area contributed by atoms with Crippen LogP contribution < -0.4 is 10.2 Å². The van der Waals surface area contributed by atoms with Crippen molar-refractivity contribution in [2.45, 2.75) is 38.6 Å². The van der Waals surface area contributed by atoms with Gasteiger partial charge in [-0.2, -0.15) is 0 Å². The van der Waals surface area contributed by atoms with E-state index in [1.54, 1.807) is 12.4 Å². The summed E-state index contributed by atoms with van der Waals surface area (Å²) in [5, 5.41) is 12.6. The summed E-state index contributed by atoms with van der Waals surface area (Å²) in [4.78, 5) is 35.3. The van der Waals surface area contributed by atoms with E-state index >= 15 is 0 Å². The topological polar surface area (TPSA) is 126 Å². The third-order valence-electron chi connectivity index (χ3n) is 10.3. The number of aromatic nitrogens is 4. The molecular weight excluding hydrogens is 679 g/mol. The number of para-hydroxylation sites is 2. The lowest BCUT2D eigenvalue weighted by molar-refractivity contribution is -0.276. The van der Waals surface area contributed by atoms with E-state index in [1.807, 2.05) is 54.6 Å². The zero-order chi connectivity index (χ0) is 36.9. The van der Waals surface area contributed by atoms with Crippen molar-refractivity contribution in [3.8, 4) is 11.1 Å². The van der Waals surface area contributed by atoms with Crippen LogP contribution in [-0.2, 0) is 22.6 Å². The number of nitrogens with zero attached hydrogens (tertiary/aromatic N) is 6. The second kappa shape index (κ2) is 16.2. The van der Waals surface area contributed by atoms with Gasteiger partial charge in [-0.25, -0.2) is 15.0 Å². The Balaban J connectivity index is 0.952. The normalized spacial score (nSPS) is 20.5. The highest BCUT2D eigenvalue weighted by atomic mass is 16.7. The molecule has 0 aliphatic carbocycles. The number of hydrogen-bond donors (Lipinski definition) is 2. The number of carbonyl (C=O) groups excluding carboxylic acids is 1. The molecule has 2 aromatic heterocycles. The van der Waals surface area contributed by atoms with Crippen LogP contribution in [-0.4, -0.2) is 74.7 Å². The van der Waals surface area contributed by atoms with Crippen molar-refractivity contribution in [3.63, 3.8) is 0 Å². The van der Waals surface area contributed by atoms with Gasteiger partial charge in [-0.15, -0.1) is 0 Å². The van der Waals surface area contributed by atoms with Gasteiger partial charge in [-0.1, -0.05) is 85.8 Å². The molecular formula is C43H43N7O4. The summed E-state index contributed by atoms with van der Waals surface area (Å²) in [6, 6.07) is 33.8. The van der Waals surface area contributed by atoms with Gasteiger partial charge in [0.05, 0.1) is 36.0 Å². The monoisotopic (exact) mass is 721 g/mol. The molecule has 0 bridgehead atoms. The lowest BCUT2D eigenvalue weighted by Crippen LogP contribution is -2.51. The van der Waals surface area contributed by atoms with Crippen LogP contribution in [0.5, 0.6) is 0 Å². The number of anilines is 1. The molecule has 1 amide bonds. The van der Waals surface area contributed by atoms with Crippen molar-refractivity contribution in [2.75, 3.05) is 37.6 Å². The highest BCUT2D eigenvalue weighted by molar-refractivity contribution is 5.93. The highest BCUT2D eigenvalue weighted by Gasteiger charge is 2.39. The Bertz CT molecular complexity index is 2180. The lowest BCUT2D eigenvalue weighted by Gasteiger charge is -2.44. The van der Waals surface area contributed by atoms with Crippen molar-refractivity contribution in [2.24, 2.45) is 5.92 Å². The minimum Gasteiger partial charge on any atom is -0.392 e. The molecule has 274 valence electrons. The number of hydrogen-bond acceptors (Lipinski definition) is 10. The zero-order valence-corrected chi connectivity index (χ0v) is 30.2. The van der Waals surface area contributed by atoms with Crippen molar-refractivity contribution in [1.29, 1.82) is 0 Å². The van der Waals surface area contributed by atoms with Gasteiger partial charge in [0.15, 0.2) is 6.29 Å². The van der Waals surface area contributed by atoms with Gasteiger partial charge in [-0.05, 0) is 52.1 Å². The second-order valence-electron chi connectivity index (χ2n) is 13.9. The fraction of sp³-hybridized carbons (Fsp3) is 0.279. The third-order valence-corrected chi connectivity index (χ3v) is 10.3. The number of fused-ring (bicyclic) bond motifs is 1. The summed E-state index contributed by atoms with van der Waals surface area (Å²) in [7, 11) is 0. The summed E-state index contributed by atoms with van der Waals surface area (Å²) >= 11 is 0. The Morgan fingerprint density at radius 3 is 2.28 bits per heavy atom. The van der Waals surface area contributed by atoms with Crippen LogP contribution in [0.2, 0.25) is 0 Å². The number of aliphatic hydroxyl groups excluding tert-OH is 1. The molecule has 8 rings (SSSR count). The molecule has 11 heteroatoms. The maximum atomic E-state index is 12.9. The van der Waals surface area contributed by atoms with E-state index in [0.29, 0.717) is 12.1 Å². The maximum absolute atomic E-state index is 12.9. The standard InChI is InChI=1S/C43H43N7O4/c1-29-39(27-49-20-22-50(23-21-49)43-44-18-5-19-45-43)53-42(54-40(29)33-12-10-30(28-51)11-13-33)34-16-14-32(15-17-34)35-7-4-6-31(24-35)25-47-41(52)38-26-46-36-8-2-3-9-37(36)48-38/h2-19,24,26,29,39-40,42,51H,20-23,25,27-28H2,1H3,(H,47,52)/t29-,39+,40+,42+/m1/s1. The molecule has 6 aromatic rings. The molecule has 0 radical (unpaired) electrons. The summed E-state index contributed by atoms with van der Waals surface area (Å²) in [5.41, 5.74) is 7.66. The number of aliphatic hydroxyl groups is 1. The van der Waals surface area contributed by atoms with E-state index in [9.17, 15) is 9.90 Å². The maximum Gasteiger partial charge on any atom is 0.271 e. The van der Waals surface area contributed by atoms with Crippen LogP contribution in [0.1, 0.15) is 52.1 Å². The fourth-order valence-corrected chi connectivity index (χ4v) is 7.20. The van der Waals surface area contributed by atoms with Gasteiger partial charge in [-0.3, -0.25) is 14.7 Å². The van der Waals surface area contributed by atoms with Crippen LogP contribution >= 0.6 is 0 Å². The first-order chi connectivity index (χ1) is 26.5. The Labute approximate surface area is 314 Å². The first-order valence-electron chi connectivity index (χ1n) is 18.4. The molecule has 54 heavy (non-hydrogen) atoms. The third kappa shape index (κ3) is 7.99. The molecule has 2 N–H and O–H groups in total. The number of rotatable bonds is 10. The first-order valence-corrected chi connectivity index (χ1v) is 18.4. The lowest BCUT2D eigenvalue weighted by atomic mass is 9.89. The molecule has 2 aliphatic rings. The Morgan fingerprint density at radius 2 is 1.52 bits per heavy atom. The van der Waals surface area contributed by atoms with E-state index in [1.165, 1.54) is 6.20 Å². The largest absolute Gasteiger partial charge is 0.392 e. The molecule has 0 saturated carbocycles. The van der Waals surface area contributed by atoms with Crippen LogP contribution in [0.15, 0.2) is 122 Å². The van der Waals surface area contributed by atoms with Crippen LogP contribution in [0.4, 0.5) is 5.95 Å². The van der Waals surface area contributed by atoms with E-state index in [4.69, 9.17) is 9.47 Å². The number of nitrogens with one attached hydrogen (secondary N) is 1. The van der Waals surface area contributed by atoms with Gasteiger partial charge in [0.2, 0.25) is 5.95 Å². The first kappa shape index (κ1) is 35.4. The Morgan fingerprint density at radius 1 is 0.778 bits per heavy atom. The number of benzene rings is 4. The Hall–Kier alpha value is -5.59. The molecule has 11 nitrogen and oxygen atoms in total. The van der Waals surface area contributed by atoms with Crippen LogP contribution in [0.3, 0.4) is 0 Å². The average molecular weight is 722 g/mol. The van der Waals surface area contributed by atoms with E-state index in [0.717, 1.165) is 77.6 Å². The van der Waals surface area contributed by atoms with Gasteiger partial charge in [0.25, 0.3) is 5.91 Å². The Kier molecular flexibility index (Phi) is 10.6. The minimum atomic E-state index is -0.554. The number of amides is 1. The van der Waals surface area contributed by atoms with Gasteiger partial charge in [0, 0.05) is 63.1 Å². The van der Waals surface area contributed by atoms with Gasteiger partial charge < -0.3 is 24.8 Å². The predicted octanol–water partition coefficient (Wildman–Crippen LogP) is 6.12. The van der Waals surface area contributed by atoms with E-state index in [2.05, 4.69) is 90.5 Å². The molecule has 4 heterocycles. The van der Waals surface area contributed by atoms with Gasteiger partial charge >= 0.3 is 0 Å². The average Bonchev–Trinajstić information content (AvgIpc) is 3.24. The van der Waals surface area contributed by atoms with E-state index < -0.39 is 6.29 Å². The zero-order valence-electron chi connectivity index (χ0n) is 30.2. The smallest absolute Gasteiger partial charge is 0.271 e. The molecule has 4 atom stereocenters. The molecule has 4 aromatic carbocycles. The fourth-order valence-electron chi connectivity index (χ4n) is 7.20. The highest BCUT2D eigenvalue weighted by Crippen LogP contribution is 2.42. The van der Waals surface area contributed by atoms with Crippen molar-refractivity contribution in [1.82, 2.24) is 30.2 Å². The van der Waals surface area contributed by atoms with Crippen molar-refractivity contribution < 1.29 is 19.4 Å². The predicted molar refractivity (Wildman–Crippen MR) is 206 cm³/mol. The molecule has 0 unspecified atom stereocenters. The minimum absolute atomic E-state index is 0.000125. The summed E-state index contributed by atoms with van der Waals surface area (Å²) < 4.78 is 13.5. The molecule has 2 fully saturated rings.